The van der Waals surface area contributed by atoms with E-state index in [1.165, 1.54) is 18.9 Å². The predicted molar refractivity (Wildman–Crippen MR) is 96.2 cm³/mol. The van der Waals surface area contributed by atoms with Crippen LogP contribution < -0.4 is 10.2 Å². The van der Waals surface area contributed by atoms with Gasteiger partial charge in [0.15, 0.2) is 0 Å². The number of benzene rings is 2. The molecule has 0 atom stereocenters. The summed E-state index contributed by atoms with van der Waals surface area (Å²) >= 11 is 0. The van der Waals surface area contributed by atoms with E-state index in [0.717, 1.165) is 12.8 Å². The van der Waals surface area contributed by atoms with E-state index < -0.39 is 5.97 Å². The van der Waals surface area contributed by atoms with Crippen molar-refractivity contribution in [1.82, 2.24) is 4.98 Å². The van der Waals surface area contributed by atoms with Crippen LogP contribution in [-0.4, -0.2) is 24.7 Å². The van der Waals surface area contributed by atoms with Crippen LogP contribution in [0.5, 0.6) is 5.75 Å². The van der Waals surface area contributed by atoms with Crippen LogP contribution in [0.1, 0.15) is 22.3 Å². The minimum atomic E-state index is -0.655. The number of methoxy groups -OCH3 is 1. The number of carbonyl (C=O) groups is 1. The van der Waals surface area contributed by atoms with Gasteiger partial charge in [-0.15, -0.1) is 0 Å². The maximum atomic E-state index is 12.4. The van der Waals surface area contributed by atoms with Crippen molar-refractivity contribution in [3.8, 4) is 5.75 Å². The number of ether oxygens (including phenoxy) is 2. The topological polar surface area (TPSA) is 68.4 Å². The molecule has 0 unspecified atom stereocenters. The maximum absolute atomic E-state index is 12.4. The number of hydrogen-bond donors (Lipinski definition) is 1. The predicted octanol–water partition coefficient (Wildman–Crippen LogP) is 3.33. The molecule has 1 heterocycles. The summed E-state index contributed by atoms with van der Waals surface area (Å²) < 4.78 is 10.4. The Balaban J connectivity index is 1.71. The van der Waals surface area contributed by atoms with Gasteiger partial charge in [0.05, 0.1) is 19.1 Å². The number of fused-ring (bicyclic) bond motifs is 1. The van der Waals surface area contributed by atoms with Crippen LogP contribution in [0.2, 0.25) is 0 Å². The van der Waals surface area contributed by atoms with E-state index >= 15 is 0 Å². The number of H-pyrrole nitrogens is 1. The number of esters is 1. The van der Waals surface area contributed by atoms with E-state index in [4.69, 9.17) is 4.74 Å². The second kappa shape index (κ2) is 7.66. The van der Waals surface area contributed by atoms with E-state index in [2.05, 4.69) is 21.9 Å². The monoisotopic (exact) mass is 337 g/mol. The van der Waals surface area contributed by atoms with Crippen LogP contribution in [-0.2, 0) is 11.2 Å². The lowest BCUT2D eigenvalue weighted by atomic mass is 10.1. The Morgan fingerprint density at radius 2 is 1.92 bits per heavy atom. The first-order valence-electron chi connectivity index (χ1n) is 8.09. The first-order valence-corrected chi connectivity index (χ1v) is 8.09. The minimum Gasteiger partial charge on any atom is -0.494 e. The molecule has 0 aliphatic carbocycles. The molecule has 3 rings (SSSR count). The summed E-state index contributed by atoms with van der Waals surface area (Å²) in [6, 6.07) is 15.4. The molecule has 0 aliphatic heterocycles. The second-order valence-corrected chi connectivity index (χ2v) is 5.67. The van der Waals surface area contributed by atoms with Crippen LogP contribution in [0.25, 0.3) is 10.9 Å². The number of pyridine rings is 1. The highest BCUT2D eigenvalue weighted by atomic mass is 16.5. The zero-order valence-electron chi connectivity index (χ0n) is 14.0. The van der Waals surface area contributed by atoms with Crippen molar-refractivity contribution in [1.29, 1.82) is 0 Å². The van der Waals surface area contributed by atoms with Gasteiger partial charge in [-0.3, -0.25) is 4.79 Å². The summed E-state index contributed by atoms with van der Waals surface area (Å²) in [5.41, 5.74) is 1.53. The number of aromatic nitrogens is 1. The molecule has 0 aliphatic rings. The Bertz CT molecular complexity index is 931. The quantitative estimate of drug-likeness (QED) is 0.553. The largest absolute Gasteiger partial charge is 0.494 e. The van der Waals surface area contributed by atoms with E-state index in [9.17, 15) is 9.59 Å². The Hall–Kier alpha value is -3.08. The van der Waals surface area contributed by atoms with E-state index in [0.29, 0.717) is 23.3 Å². The normalized spacial score (nSPS) is 10.6. The Labute approximate surface area is 145 Å². The zero-order chi connectivity index (χ0) is 17.6. The SMILES string of the molecule is COC(=O)c1c[nH]c2ccc(OCCCc3ccccc3)cc2c1=O. The van der Waals surface area contributed by atoms with Gasteiger partial charge in [-0.25, -0.2) is 4.79 Å². The van der Waals surface area contributed by atoms with Gasteiger partial charge in [0.1, 0.15) is 11.3 Å². The summed E-state index contributed by atoms with van der Waals surface area (Å²) in [6.45, 7) is 0.551. The third kappa shape index (κ3) is 3.88. The molecule has 25 heavy (non-hydrogen) atoms. The fraction of sp³-hybridized carbons (Fsp3) is 0.200. The van der Waals surface area contributed by atoms with Gasteiger partial charge in [-0.1, -0.05) is 30.3 Å². The Morgan fingerprint density at radius 3 is 2.68 bits per heavy atom. The van der Waals surface area contributed by atoms with Crippen molar-refractivity contribution >= 4 is 16.9 Å². The van der Waals surface area contributed by atoms with Gasteiger partial charge in [-0.2, -0.15) is 0 Å². The minimum absolute atomic E-state index is 0.0174. The van der Waals surface area contributed by atoms with Crippen molar-refractivity contribution in [3.63, 3.8) is 0 Å². The third-order valence-electron chi connectivity index (χ3n) is 3.98. The van der Waals surface area contributed by atoms with Gasteiger partial charge in [0.25, 0.3) is 0 Å². The van der Waals surface area contributed by atoms with Gasteiger partial charge in [0.2, 0.25) is 5.43 Å². The van der Waals surface area contributed by atoms with Crippen molar-refractivity contribution in [3.05, 3.63) is 76.1 Å². The first-order chi connectivity index (χ1) is 12.2. The zero-order valence-corrected chi connectivity index (χ0v) is 14.0. The maximum Gasteiger partial charge on any atom is 0.343 e. The molecule has 0 fully saturated rings. The highest BCUT2D eigenvalue weighted by molar-refractivity contribution is 5.93. The second-order valence-electron chi connectivity index (χ2n) is 5.67. The fourth-order valence-corrected chi connectivity index (χ4v) is 2.66. The summed E-state index contributed by atoms with van der Waals surface area (Å²) in [5, 5.41) is 0.406. The highest BCUT2D eigenvalue weighted by Gasteiger charge is 2.13. The number of aromatic amines is 1. The van der Waals surface area contributed by atoms with Gasteiger partial charge in [0, 0.05) is 11.7 Å². The number of hydrogen-bond acceptors (Lipinski definition) is 4. The molecular formula is C20H19NO4. The standard InChI is InChI=1S/C20H19NO4/c1-24-20(23)17-13-21-18-10-9-15(12-16(18)19(17)22)25-11-5-8-14-6-3-2-4-7-14/h2-4,6-7,9-10,12-13H,5,8,11H2,1H3,(H,21,22). The summed E-state index contributed by atoms with van der Waals surface area (Å²) in [5.74, 6) is -0.0505. The third-order valence-corrected chi connectivity index (χ3v) is 3.98. The number of rotatable bonds is 6. The Kier molecular flexibility index (Phi) is 5.14. The molecule has 5 heteroatoms. The van der Waals surface area contributed by atoms with Crippen molar-refractivity contribution in [2.45, 2.75) is 12.8 Å². The molecular weight excluding hydrogens is 318 g/mol. The number of carbonyl (C=O) groups excluding carboxylic acids is 1. The van der Waals surface area contributed by atoms with Crippen molar-refractivity contribution in [2.75, 3.05) is 13.7 Å². The van der Waals surface area contributed by atoms with Crippen LogP contribution in [0.3, 0.4) is 0 Å². The molecule has 0 bridgehead atoms. The highest BCUT2D eigenvalue weighted by Crippen LogP contribution is 2.18. The smallest absolute Gasteiger partial charge is 0.343 e. The van der Waals surface area contributed by atoms with Crippen molar-refractivity contribution in [2.24, 2.45) is 0 Å². The molecule has 1 aromatic heterocycles. The molecule has 0 saturated carbocycles. The number of aryl methyl sites for hydroxylation is 1. The molecule has 128 valence electrons. The fourth-order valence-electron chi connectivity index (χ4n) is 2.66. The molecule has 1 N–H and O–H groups in total. The van der Waals surface area contributed by atoms with Crippen molar-refractivity contribution < 1.29 is 14.3 Å². The van der Waals surface area contributed by atoms with Crippen LogP contribution in [0.4, 0.5) is 0 Å². The van der Waals surface area contributed by atoms with E-state index in [1.807, 2.05) is 18.2 Å². The van der Waals surface area contributed by atoms with Crippen LogP contribution in [0, 0.1) is 0 Å². The summed E-state index contributed by atoms with van der Waals surface area (Å²) in [4.78, 5) is 27.0. The Morgan fingerprint density at radius 1 is 1.12 bits per heavy atom. The molecule has 3 aromatic rings. The number of nitrogens with one attached hydrogen (secondary N) is 1. The molecule has 0 radical (unpaired) electrons. The molecule has 0 saturated heterocycles. The van der Waals surface area contributed by atoms with Crippen LogP contribution in [0.15, 0.2) is 59.5 Å². The van der Waals surface area contributed by atoms with Crippen LogP contribution >= 0.6 is 0 Å². The van der Waals surface area contributed by atoms with E-state index in [1.54, 1.807) is 18.2 Å². The summed E-state index contributed by atoms with van der Waals surface area (Å²) in [7, 11) is 1.25. The van der Waals surface area contributed by atoms with Gasteiger partial charge in [-0.05, 0) is 36.6 Å². The lowest BCUT2D eigenvalue weighted by Crippen LogP contribution is -2.17. The van der Waals surface area contributed by atoms with Gasteiger partial charge >= 0.3 is 5.97 Å². The average Bonchev–Trinajstić information content (AvgIpc) is 2.66. The molecule has 0 spiro atoms. The lowest BCUT2D eigenvalue weighted by Gasteiger charge is -2.08. The lowest BCUT2D eigenvalue weighted by molar-refractivity contribution is 0.0599. The van der Waals surface area contributed by atoms with Gasteiger partial charge < -0.3 is 14.5 Å². The molecule has 0 amide bonds. The van der Waals surface area contributed by atoms with E-state index in [-0.39, 0.29) is 11.0 Å². The summed E-state index contributed by atoms with van der Waals surface area (Å²) in [6.07, 6.45) is 3.18. The molecule has 5 nitrogen and oxygen atoms in total. The first kappa shape index (κ1) is 16.8. The molecule has 2 aromatic carbocycles. The average molecular weight is 337 g/mol.